The zero-order valence-corrected chi connectivity index (χ0v) is 6.86. The lowest BCUT2D eigenvalue weighted by molar-refractivity contribution is -0.118. The zero-order chi connectivity index (χ0) is 8.55. The van der Waals surface area contributed by atoms with Crippen molar-refractivity contribution >= 4 is 5.78 Å². The van der Waals surface area contributed by atoms with Gasteiger partial charge in [-0.25, -0.2) is 0 Å². The standard InChI is InChI=1S/C10H12O2/c11-8-5-6-9(12)10(8)7-3-1-2-4-7/h3,5-6,8,10-11H,1-2,4H2. The van der Waals surface area contributed by atoms with Crippen LogP contribution in [0.5, 0.6) is 0 Å². The molecule has 0 saturated carbocycles. The second kappa shape index (κ2) is 2.87. The van der Waals surface area contributed by atoms with Gasteiger partial charge in [0.05, 0.1) is 12.0 Å². The summed E-state index contributed by atoms with van der Waals surface area (Å²) in [5.41, 5.74) is 1.14. The molecular formula is C10H12O2. The molecule has 0 aromatic rings. The van der Waals surface area contributed by atoms with Crippen LogP contribution in [0.1, 0.15) is 19.3 Å². The number of carbonyl (C=O) groups excluding carboxylic acids is 1. The van der Waals surface area contributed by atoms with Crippen molar-refractivity contribution in [1.29, 1.82) is 0 Å². The predicted octanol–water partition coefficient (Wildman–Crippen LogP) is 1.21. The van der Waals surface area contributed by atoms with Gasteiger partial charge in [0.15, 0.2) is 5.78 Å². The first-order valence-electron chi connectivity index (χ1n) is 4.38. The molecule has 0 amide bonds. The van der Waals surface area contributed by atoms with Gasteiger partial charge in [-0.05, 0) is 25.3 Å². The van der Waals surface area contributed by atoms with Crippen molar-refractivity contribution in [3.05, 3.63) is 23.8 Å². The fraction of sp³-hybridized carbons (Fsp3) is 0.500. The third-order valence-corrected chi connectivity index (χ3v) is 2.58. The van der Waals surface area contributed by atoms with Crippen LogP contribution in [-0.4, -0.2) is 17.0 Å². The van der Waals surface area contributed by atoms with Gasteiger partial charge in [0, 0.05) is 0 Å². The van der Waals surface area contributed by atoms with Gasteiger partial charge in [-0.1, -0.05) is 17.7 Å². The molecule has 2 heteroatoms. The van der Waals surface area contributed by atoms with E-state index in [1.807, 2.05) is 0 Å². The molecule has 2 aliphatic rings. The molecule has 2 nitrogen and oxygen atoms in total. The molecule has 1 N–H and O–H groups in total. The summed E-state index contributed by atoms with van der Waals surface area (Å²) in [6.45, 7) is 0. The van der Waals surface area contributed by atoms with Crippen molar-refractivity contribution in [2.24, 2.45) is 5.92 Å². The van der Waals surface area contributed by atoms with E-state index in [-0.39, 0.29) is 11.7 Å². The Morgan fingerprint density at radius 2 is 2.33 bits per heavy atom. The van der Waals surface area contributed by atoms with E-state index >= 15 is 0 Å². The highest BCUT2D eigenvalue weighted by atomic mass is 16.3. The highest BCUT2D eigenvalue weighted by Gasteiger charge is 2.32. The lowest BCUT2D eigenvalue weighted by Crippen LogP contribution is -2.21. The molecule has 2 aliphatic carbocycles. The first-order valence-corrected chi connectivity index (χ1v) is 4.38. The number of carbonyl (C=O) groups is 1. The molecule has 0 aromatic carbocycles. The van der Waals surface area contributed by atoms with Crippen molar-refractivity contribution < 1.29 is 9.90 Å². The van der Waals surface area contributed by atoms with Crippen LogP contribution < -0.4 is 0 Å². The topological polar surface area (TPSA) is 37.3 Å². The Kier molecular flexibility index (Phi) is 1.85. The maximum absolute atomic E-state index is 11.3. The summed E-state index contributed by atoms with van der Waals surface area (Å²) in [5.74, 6) is -0.178. The van der Waals surface area contributed by atoms with Gasteiger partial charge in [-0.3, -0.25) is 4.79 Å². The van der Waals surface area contributed by atoms with Crippen LogP contribution in [-0.2, 0) is 4.79 Å². The number of ketones is 1. The molecule has 12 heavy (non-hydrogen) atoms. The maximum atomic E-state index is 11.3. The Bertz CT molecular complexity index is 263. The largest absolute Gasteiger partial charge is 0.388 e. The SMILES string of the molecule is O=C1C=CC(O)C1C1=CCCC1. The highest BCUT2D eigenvalue weighted by Crippen LogP contribution is 2.31. The Morgan fingerprint density at radius 3 is 2.83 bits per heavy atom. The fourth-order valence-corrected chi connectivity index (χ4v) is 1.96. The second-order valence-corrected chi connectivity index (χ2v) is 3.40. The third kappa shape index (κ3) is 1.12. The van der Waals surface area contributed by atoms with Gasteiger partial charge in [0.1, 0.15) is 0 Å². The van der Waals surface area contributed by atoms with Crippen molar-refractivity contribution in [1.82, 2.24) is 0 Å². The number of allylic oxidation sites excluding steroid dienone is 2. The molecule has 64 valence electrons. The fourth-order valence-electron chi connectivity index (χ4n) is 1.96. The molecule has 0 heterocycles. The van der Waals surface area contributed by atoms with E-state index < -0.39 is 6.10 Å². The van der Waals surface area contributed by atoms with Crippen LogP contribution >= 0.6 is 0 Å². The first kappa shape index (κ1) is 7.74. The summed E-state index contributed by atoms with van der Waals surface area (Å²) in [4.78, 5) is 11.3. The molecule has 0 spiro atoms. The van der Waals surface area contributed by atoms with Crippen LogP contribution in [0.2, 0.25) is 0 Å². The zero-order valence-electron chi connectivity index (χ0n) is 6.86. The van der Waals surface area contributed by atoms with Crippen LogP contribution in [0.4, 0.5) is 0 Å². The quantitative estimate of drug-likeness (QED) is 0.591. The molecule has 0 fully saturated rings. The van der Waals surface area contributed by atoms with Crippen molar-refractivity contribution in [2.45, 2.75) is 25.4 Å². The van der Waals surface area contributed by atoms with Crippen molar-refractivity contribution in [2.75, 3.05) is 0 Å². The van der Waals surface area contributed by atoms with E-state index in [1.165, 1.54) is 6.08 Å². The molecule has 0 radical (unpaired) electrons. The average molecular weight is 164 g/mol. The molecule has 2 unspecified atom stereocenters. The van der Waals surface area contributed by atoms with Crippen LogP contribution in [0.3, 0.4) is 0 Å². The molecular weight excluding hydrogens is 152 g/mol. The predicted molar refractivity (Wildman–Crippen MR) is 45.6 cm³/mol. The van der Waals surface area contributed by atoms with Gasteiger partial charge < -0.3 is 5.11 Å². The maximum Gasteiger partial charge on any atom is 0.165 e. The summed E-state index contributed by atoms with van der Waals surface area (Å²) in [5, 5.41) is 9.47. The van der Waals surface area contributed by atoms with Gasteiger partial charge in [0.2, 0.25) is 0 Å². The van der Waals surface area contributed by atoms with E-state index in [9.17, 15) is 9.90 Å². The Hall–Kier alpha value is -0.890. The summed E-state index contributed by atoms with van der Waals surface area (Å²) in [7, 11) is 0. The van der Waals surface area contributed by atoms with Crippen molar-refractivity contribution in [3.63, 3.8) is 0 Å². The van der Waals surface area contributed by atoms with E-state index in [2.05, 4.69) is 6.08 Å². The Morgan fingerprint density at radius 1 is 1.50 bits per heavy atom. The summed E-state index contributed by atoms with van der Waals surface area (Å²) >= 11 is 0. The van der Waals surface area contributed by atoms with E-state index in [0.29, 0.717) is 0 Å². The molecule has 0 bridgehead atoms. The summed E-state index contributed by atoms with van der Waals surface area (Å²) in [6, 6.07) is 0. The Balaban J connectivity index is 2.18. The van der Waals surface area contributed by atoms with Gasteiger partial charge in [0.25, 0.3) is 0 Å². The molecule has 0 saturated heterocycles. The number of aliphatic hydroxyl groups excluding tert-OH is 1. The van der Waals surface area contributed by atoms with Crippen LogP contribution in [0.25, 0.3) is 0 Å². The average Bonchev–Trinajstić information content (AvgIpc) is 2.61. The minimum Gasteiger partial charge on any atom is -0.388 e. The van der Waals surface area contributed by atoms with Gasteiger partial charge in [-0.15, -0.1) is 0 Å². The molecule has 2 rings (SSSR count). The van der Waals surface area contributed by atoms with Crippen molar-refractivity contribution in [3.8, 4) is 0 Å². The minimum atomic E-state index is -0.568. The molecule has 0 aliphatic heterocycles. The van der Waals surface area contributed by atoms with Crippen LogP contribution in [0, 0.1) is 5.92 Å². The smallest absolute Gasteiger partial charge is 0.165 e. The molecule has 2 atom stereocenters. The van der Waals surface area contributed by atoms with Gasteiger partial charge >= 0.3 is 0 Å². The Labute approximate surface area is 71.6 Å². The van der Waals surface area contributed by atoms with E-state index in [1.54, 1.807) is 6.08 Å². The first-order chi connectivity index (χ1) is 5.79. The highest BCUT2D eigenvalue weighted by molar-refractivity contribution is 5.97. The monoisotopic (exact) mass is 164 g/mol. The summed E-state index contributed by atoms with van der Waals surface area (Å²) in [6.07, 6.45) is 7.79. The number of aliphatic hydroxyl groups is 1. The third-order valence-electron chi connectivity index (χ3n) is 2.58. The van der Waals surface area contributed by atoms with Gasteiger partial charge in [-0.2, -0.15) is 0 Å². The summed E-state index contributed by atoms with van der Waals surface area (Å²) < 4.78 is 0. The lowest BCUT2D eigenvalue weighted by Gasteiger charge is -2.13. The normalized spacial score (nSPS) is 34.4. The minimum absolute atomic E-state index is 0.0654. The van der Waals surface area contributed by atoms with E-state index in [4.69, 9.17) is 0 Å². The number of hydrogen-bond acceptors (Lipinski definition) is 2. The second-order valence-electron chi connectivity index (χ2n) is 3.40. The number of hydrogen-bond donors (Lipinski definition) is 1. The van der Waals surface area contributed by atoms with E-state index in [0.717, 1.165) is 24.8 Å². The number of rotatable bonds is 1. The van der Waals surface area contributed by atoms with Crippen LogP contribution in [0.15, 0.2) is 23.8 Å². The molecule has 0 aromatic heterocycles. The lowest BCUT2D eigenvalue weighted by atomic mass is 9.93.